The van der Waals surface area contributed by atoms with E-state index in [0.717, 1.165) is 29.6 Å². The summed E-state index contributed by atoms with van der Waals surface area (Å²) in [5.74, 6) is 0. The van der Waals surface area contributed by atoms with Crippen molar-refractivity contribution in [1.29, 1.82) is 0 Å². The summed E-state index contributed by atoms with van der Waals surface area (Å²) in [5, 5.41) is 14.0. The molecule has 106 valence electrons. The number of nitrogens with one attached hydrogen (secondary N) is 2. The number of nitrogens with two attached hydrogens (primary N) is 1. The summed E-state index contributed by atoms with van der Waals surface area (Å²) in [6.45, 7) is 1.14. The number of amides is 1. The van der Waals surface area contributed by atoms with Gasteiger partial charge in [-0.3, -0.25) is 9.97 Å². The lowest BCUT2D eigenvalue weighted by molar-refractivity contribution is 0.194. The molecule has 0 saturated carbocycles. The predicted octanol–water partition coefficient (Wildman–Crippen LogP) is 1.67. The van der Waals surface area contributed by atoms with Gasteiger partial charge >= 0.3 is 6.09 Å². The Morgan fingerprint density at radius 2 is 2.10 bits per heavy atom. The molecule has 2 aromatic heterocycles. The van der Waals surface area contributed by atoms with Crippen molar-refractivity contribution < 1.29 is 9.90 Å². The van der Waals surface area contributed by atoms with Crippen LogP contribution in [0.5, 0.6) is 0 Å². The van der Waals surface area contributed by atoms with Crippen molar-refractivity contribution in [3.63, 3.8) is 0 Å². The maximum atomic E-state index is 10.3. The fraction of sp³-hybridized carbons (Fsp3) is 0.308. The Kier molecular flexibility index (Phi) is 4.54. The molecule has 0 atom stereocenters. The molecule has 20 heavy (non-hydrogen) atoms. The molecule has 0 fully saturated rings. The summed E-state index contributed by atoms with van der Waals surface area (Å²) in [6.07, 6.45) is 3.90. The average molecular weight is 275 g/mol. The molecule has 0 aliphatic carbocycles. The molecule has 0 aliphatic rings. The van der Waals surface area contributed by atoms with Gasteiger partial charge in [0, 0.05) is 19.3 Å². The Morgan fingerprint density at radius 1 is 1.30 bits per heavy atom. The SMILES string of the molecule is Nc1cnc2cccnc2c1NCCCCNC(=O)O. The van der Waals surface area contributed by atoms with Crippen molar-refractivity contribution in [1.82, 2.24) is 15.3 Å². The second-order valence-corrected chi connectivity index (χ2v) is 4.33. The van der Waals surface area contributed by atoms with Crippen LogP contribution >= 0.6 is 0 Å². The van der Waals surface area contributed by atoms with Gasteiger partial charge < -0.3 is 21.5 Å². The molecule has 1 amide bonds. The number of carboxylic acid groups (broad SMARTS) is 1. The Hall–Kier alpha value is -2.57. The Balaban J connectivity index is 1.92. The van der Waals surface area contributed by atoms with Crippen LogP contribution in [0.4, 0.5) is 16.2 Å². The number of unbranched alkanes of at least 4 members (excludes halogenated alkanes) is 1. The van der Waals surface area contributed by atoms with E-state index >= 15 is 0 Å². The zero-order chi connectivity index (χ0) is 14.4. The zero-order valence-corrected chi connectivity index (χ0v) is 11.0. The van der Waals surface area contributed by atoms with Crippen LogP contribution in [0.15, 0.2) is 24.5 Å². The van der Waals surface area contributed by atoms with E-state index in [4.69, 9.17) is 10.8 Å². The number of nitrogens with zero attached hydrogens (tertiary/aromatic N) is 2. The summed E-state index contributed by atoms with van der Waals surface area (Å²) in [6, 6.07) is 3.70. The van der Waals surface area contributed by atoms with Gasteiger partial charge in [0.2, 0.25) is 0 Å². The Labute approximate surface area is 116 Å². The first-order valence-electron chi connectivity index (χ1n) is 6.38. The fourth-order valence-electron chi connectivity index (χ4n) is 1.88. The summed E-state index contributed by atoms with van der Waals surface area (Å²) in [5.41, 5.74) is 8.78. The highest BCUT2D eigenvalue weighted by Gasteiger charge is 2.06. The Morgan fingerprint density at radius 3 is 2.90 bits per heavy atom. The van der Waals surface area contributed by atoms with E-state index in [1.807, 2.05) is 12.1 Å². The van der Waals surface area contributed by atoms with Gasteiger partial charge in [-0.15, -0.1) is 0 Å². The zero-order valence-electron chi connectivity index (χ0n) is 11.0. The van der Waals surface area contributed by atoms with Gasteiger partial charge in [-0.1, -0.05) is 0 Å². The third kappa shape index (κ3) is 3.47. The van der Waals surface area contributed by atoms with E-state index in [9.17, 15) is 4.79 Å². The number of carbonyl (C=O) groups is 1. The van der Waals surface area contributed by atoms with Gasteiger partial charge in [-0.05, 0) is 25.0 Å². The normalized spacial score (nSPS) is 10.4. The molecular formula is C13H17N5O2. The van der Waals surface area contributed by atoms with Crippen LogP contribution < -0.4 is 16.4 Å². The molecule has 2 aromatic rings. The minimum Gasteiger partial charge on any atom is -0.465 e. The van der Waals surface area contributed by atoms with Crippen molar-refractivity contribution in [2.75, 3.05) is 24.1 Å². The van der Waals surface area contributed by atoms with E-state index in [-0.39, 0.29) is 0 Å². The fourth-order valence-corrected chi connectivity index (χ4v) is 1.88. The summed E-state index contributed by atoms with van der Waals surface area (Å²) in [7, 11) is 0. The van der Waals surface area contributed by atoms with E-state index in [0.29, 0.717) is 18.8 Å². The van der Waals surface area contributed by atoms with Crippen LogP contribution in [-0.2, 0) is 0 Å². The molecule has 0 aromatic carbocycles. The first kappa shape index (κ1) is 13.9. The molecular weight excluding hydrogens is 258 g/mol. The first-order chi connectivity index (χ1) is 9.68. The maximum Gasteiger partial charge on any atom is 0.404 e. The largest absolute Gasteiger partial charge is 0.465 e. The van der Waals surface area contributed by atoms with Crippen molar-refractivity contribution >= 4 is 28.5 Å². The lowest BCUT2D eigenvalue weighted by atomic mass is 10.2. The van der Waals surface area contributed by atoms with E-state index in [1.165, 1.54) is 0 Å². The van der Waals surface area contributed by atoms with Gasteiger partial charge in [-0.25, -0.2) is 4.79 Å². The van der Waals surface area contributed by atoms with Crippen molar-refractivity contribution in [2.45, 2.75) is 12.8 Å². The molecule has 0 unspecified atom stereocenters. The number of aromatic nitrogens is 2. The first-order valence-corrected chi connectivity index (χ1v) is 6.38. The number of fused-ring (bicyclic) bond motifs is 1. The topological polar surface area (TPSA) is 113 Å². The van der Waals surface area contributed by atoms with Crippen molar-refractivity contribution in [3.05, 3.63) is 24.5 Å². The molecule has 2 rings (SSSR count). The molecule has 7 heteroatoms. The number of hydrogen-bond acceptors (Lipinski definition) is 5. The third-order valence-corrected chi connectivity index (χ3v) is 2.84. The van der Waals surface area contributed by atoms with Gasteiger partial charge in [0.1, 0.15) is 5.52 Å². The van der Waals surface area contributed by atoms with Crippen LogP contribution in [0.25, 0.3) is 11.0 Å². The van der Waals surface area contributed by atoms with Crippen molar-refractivity contribution in [2.24, 2.45) is 0 Å². The molecule has 0 spiro atoms. The standard InChI is InChI=1S/C13H17N5O2/c14-9-8-18-10-4-3-7-16-12(10)11(9)15-5-1-2-6-17-13(19)20/h3-4,7-8,17H,1-2,5-6,14H2,(H,15,18)(H,19,20). The predicted molar refractivity (Wildman–Crippen MR) is 77.7 cm³/mol. The van der Waals surface area contributed by atoms with Gasteiger partial charge in [0.05, 0.1) is 23.1 Å². The summed E-state index contributed by atoms with van der Waals surface area (Å²) < 4.78 is 0. The number of rotatable bonds is 6. The van der Waals surface area contributed by atoms with Gasteiger partial charge in [-0.2, -0.15) is 0 Å². The van der Waals surface area contributed by atoms with E-state index in [1.54, 1.807) is 12.4 Å². The minimum absolute atomic E-state index is 0.446. The number of nitrogen functional groups attached to an aromatic ring is 1. The molecule has 7 nitrogen and oxygen atoms in total. The molecule has 0 aliphatic heterocycles. The van der Waals surface area contributed by atoms with Crippen LogP contribution in [0, 0.1) is 0 Å². The Bertz CT molecular complexity index is 602. The average Bonchev–Trinajstić information content (AvgIpc) is 2.44. The monoisotopic (exact) mass is 275 g/mol. The number of anilines is 2. The summed E-state index contributed by atoms with van der Waals surface area (Å²) >= 11 is 0. The van der Waals surface area contributed by atoms with Crippen LogP contribution in [0.3, 0.4) is 0 Å². The second-order valence-electron chi connectivity index (χ2n) is 4.33. The molecule has 0 saturated heterocycles. The van der Waals surface area contributed by atoms with Gasteiger partial charge in [0.15, 0.2) is 0 Å². The quantitative estimate of drug-likeness (QED) is 0.596. The molecule has 0 radical (unpaired) electrons. The molecule has 0 bridgehead atoms. The van der Waals surface area contributed by atoms with Crippen LogP contribution in [0.2, 0.25) is 0 Å². The van der Waals surface area contributed by atoms with Crippen molar-refractivity contribution in [3.8, 4) is 0 Å². The van der Waals surface area contributed by atoms with Crippen LogP contribution in [0.1, 0.15) is 12.8 Å². The molecule has 5 N–H and O–H groups in total. The molecule has 2 heterocycles. The highest BCUT2D eigenvalue weighted by atomic mass is 16.4. The second kappa shape index (κ2) is 6.55. The highest BCUT2D eigenvalue weighted by Crippen LogP contribution is 2.25. The maximum absolute atomic E-state index is 10.3. The van der Waals surface area contributed by atoms with E-state index in [2.05, 4.69) is 20.6 Å². The minimum atomic E-state index is -0.994. The summed E-state index contributed by atoms with van der Waals surface area (Å²) in [4.78, 5) is 18.8. The number of pyridine rings is 2. The lowest BCUT2D eigenvalue weighted by Gasteiger charge is -2.11. The van der Waals surface area contributed by atoms with Crippen LogP contribution in [-0.4, -0.2) is 34.3 Å². The lowest BCUT2D eigenvalue weighted by Crippen LogP contribution is -2.22. The highest BCUT2D eigenvalue weighted by molar-refractivity contribution is 5.93. The smallest absolute Gasteiger partial charge is 0.404 e. The third-order valence-electron chi connectivity index (χ3n) is 2.84. The number of hydrogen-bond donors (Lipinski definition) is 4. The van der Waals surface area contributed by atoms with Gasteiger partial charge in [0.25, 0.3) is 0 Å². The van der Waals surface area contributed by atoms with E-state index < -0.39 is 6.09 Å².